The Morgan fingerprint density at radius 3 is 2.76 bits per heavy atom. The van der Waals surface area contributed by atoms with Gasteiger partial charge in [0.1, 0.15) is 5.60 Å². The van der Waals surface area contributed by atoms with Gasteiger partial charge in [-0.15, -0.1) is 0 Å². The van der Waals surface area contributed by atoms with Crippen LogP contribution in [-0.4, -0.2) is 25.9 Å². The minimum Gasteiger partial charge on any atom is -0.381 e. The monoisotopic (exact) mass is 344 g/mol. The molecule has 130 valence electrons. The highest BCUT2D eigenvalue weighted by Crippen LogP contribution is 2.33. The molecular weight excluding hydrogens is 326 g/mol. The van der Waals surface area contributed by atoms with Gasteiger partial charge in [0, 0.05) is 11.8 Å². The van der Waals surface area contributed by atoms with E-state index in [9.17, 15) is 13.9 Å². The number of benzene rings is 1. The Bertz CT molecular complexity index is 963. The molecule has 2 aromatic heterocycles. The Morgan fingerprint density at radius 1 is 1.40 bits per heavy atom. The molecule has 0 bridgehead atoms. The zero-order valence-corrected chi connectivity index (χ0v) is 13.9. The Labute approximate surface area is 143 Å². The van der Waals surface area contributed by atoms with Crippen molar-refractivity contribution in [3.05, 3.63) is 54.0 Å². The second-order valence-corrected chi connectivity index (χ2v) is 6.07. The highest BCUT2D eigenvalue weighted by Gasteiger charge is 2.34. The molecule has 7 heteroatoms. The number of nitrogens with two attached hydrogens (primary N) is 1. The van der Waals surface area contributed by atoms with Gasteiger partial charge >= 0.3 is 0 Å². The van der Waals surface area contributed by atoms with E-state index in [4.69, 9.17) is 5.73 Å². The standard InChI is InChI=1S/C18H18F2N4O/c1-4-12-9-24-14(8-22-16(24)15(21)23-12)13-7-11(6-5-10(13)2)18(3,25)17(19)20/h4-9,17,25H,1H2,2-3H3,(H2,21,23). The third-order valence-electron chi connectivity index (χ3n) is 4.27. The van der Waals surface area contributed by atoms with Crippen molar-refractivity contribution in [3.63, 3.8) is 0 Å². The molecule has 25 heavy (non-hydrogen) atoms. The van der Waals surface area contributed by atoms with Gasteiger partial charge in [0.25, 0.3) is 6.43 Å². The van der Waals surface area contributed by atoms with Crippen molar-refractivity contribution in [2.75, 3.05) is 5.73 Å². The van der Waals surface area contributed by atoms with Crippen molar-refractivity contribution in [1.82, 2.24) is 14.4 Å². The van der Waals surface area contributed by atoms with E-state index < -0.39 is 12.0 Å². The van der Waals surface area contributed by atoms with Crippen molar-refractivity contribution >= 4 is 17.5 Å². The molecule has 0 saturated heterocycles. The van der Waals surface area contributed by atoms with E-state index in [1.165, 1.54) is 6.07 Å². The topological polar surface area (TPSA) is 76.4 Å². The molecule has 0 spiro atoms. The number of aliphatic hydroxyl groups is 1. The van der Waals surface area contributed by atoms with Gasteiger partial charge in [-0.3, -0.25) is 4.40 Å². The smallest absolute Gasteiger partial charge is 0.270 e. The zero-order chi connectivity index (χ0) is 18.4. The second kappa shape index (κ2) is 5.93. The number of halogens is 2. The summed E-state index contributed by atoms with van der Waals surface area (Å²) in [7, 11) is 0. The maximum Gasteiger partial charge on any atom is 0.270 e. The summed E-state index contributed by atoms with van der Waals surface area (Å²) in [6.07, 6.45) is 1.98. The fourth-order valence-corrected chi connectivity index (χ4v) is 2.67. The lowest BCUT2D eigenvalue weighted by Gasteiger charge is -2.23. The molecule has 5 nitrogen and oxygen atoms in total. The number of fused-ring (bicyclic) bond motifs is 1. The summed E-state index contributed by atoms with van der Waals surface area (Å²) in [4.78, 5) is 8.44. The maximum atomic E-state index is 13.2. The van der Waals surface area contributed by atoms with Crippen LogP contribution >= 0.6 is 0 Å². The van der Waals surface area contributed by atoms with Crippen molar-refractivity contribution in [1.29, 1.82) is 0 Å². The molecule has 3 aromatic rings. The molecule has 0 fully saturated rings. The first-order valence-electron chi connectivity index (χ1n) is 7.63. The number of hydrogen-bond donors (Lipinski definition) is 2. The summed E-state index contributed by atoms with van der Waals surface area (Å²) in [6, 6.07) is 4.74. The SMILES string of the molecule is C=Cc1cn2c(-c3cc(C(C)(O)C(F)F)ccc3C)cnc2c(N)n1. The molecule has 0 radical (unpaired) electrons. The number of rotatable bonds is 4. The van der Waals surface area contributed by atoms with Crippen LogP contribution in [-0.2, 0) is 5.60 Å². The van der Waals surface area contributed by atoms with Crippen LogP contribution in [0.2, 0.25) is 0 Å². The minimum atomic E-state index is -2.91. The van der Waals surface area contributed by atoms with E-state index in [0.717, 1.165) is 12.5 Å². The summed E-state index contributed by atoms with van der Waals surface area (Å²) in [5.74, 6) is 0.247. The number of nitrogen functional groups attached to an aromatic ring is 1. The van der Waals surface area contributed by atoms with Crippen LogP contribution in [0.3, 0.4) is 0 Å². The first kappa shape index (κ1) is 17.0. The molecule has 1 unspecified atom stereocenters. The van der Waals surface area contributed by atoms with E-state index in [-0.39, 0.29) is 11.4 Å². The zero-order valence-electron chi connectivity index (χ0n) is 13.9. The molecule has 0 aliphatic rings. The average Bonchev–Trinajstić information content (AvgIpc) is 2.99. The fraction of sp³-hybridized carbons (Fsp3) is 0.222. The van der Waals surface area contributed by atoms with Gasteiger partial charge in [-0.25, -0.2) is 18.7 Å². The van der Waals surface area contributed by atoms with E-state index in [1.54, 1.807) is 35.0 Å². The molecular formula is C18H18F2N4O. The molecule has 0 aliphatic carbocycles. The van der Waals surface area contributed by atoms with Crippen molar-refractivity contribution in [2.24, 2.45) is 0 Å². The van der Waals surface area contributed by atoms with Gasteiger partial charge in [0.2, 0.25) is 0 Å². The van der Waals surface area contributed by atoms with Crippen LogP contribution in [0.1, 0.15) is 23.7 Å². The number of imidazole rings is 1. The Kier molecular flexibility index (Phi) is 4.04. The van der Waals surface area contributed by atoms with Gasteiger partial charge in [-0.1, -0.05) is 18.7 Å². The summed E-state index contributed by atoms with van der Waals surface area (Å²) in [6.45, 7) is 6.63. The fourth-order valence-electron chi connectivity index (χ4n) is 2.67. The number of hydrogen-bond acceptors (Lipinski definition) is 4. The second-order valence-electron chi connectivity index (χ2n) is 6.07. The summed E-state index contributed by atoms with van der Waals surface area (Å²) < 4.78 is 28.1. The van der Waals surface area contributed by atoms with Crippen LogP contribution in [0.4, 0.5) is 14.6 Å². The number of anilines is 1. The molecule has 0 amide bonds. The highest BCUT2D eigenvalue weighted by molar-refractivity contribution is 5.72. The summed E-state index contributed by atoms with van der Waals surface area (Å²) in [5.41, 5.74) is 7.03. The summed E-state index contributed by atoms with van der Waals surface area (Å²) >= 11 is 0. The van der Waals surface area contributed by atoms with E-state index >= 15 is 0 Å². The predicted octanol–water partition coefficient (Wildman–Crippen LogP) is 3.40. The molecule has 3 rings (SSSR count). The van der Waals surface area contributed by atoms with Crippen molar-refractivity contribution < 1.29 is 13.9 Å². The van der Waals surface area contributed by atoms with Crippen LogP contribution in [0, 0.1) is 6.92 Å². The van der Waals surface area contributed by atoms with Crippen molar-refractivity contribution in [2.45, 2.75) is 25.9 Å². The van der Waals surface area contributed by atoms with Gasteiger partial charge in [0.05, 0.1) is 17.6 Å². The first-order chi connectivity index (χ1) is 11.8. The average molecular weight is 344 g/mol. The van der Waals surface area contributed by atoms with E-state index in [2.05, 4.69) is 16.5 Å². The summed E-state index contributed by atoms with van der Waals surface area (Å²) in [5, 5.41) is 10.1. The van der Waals surface area contributed by atoms with Gasteiger partial charge in [-0.2, -0.15) is 0 Å². The van der Waals surface area contributed by atoms with Crippen LogP contribution < -0.4 is 5.73 Å². The van der Waals surface area contributed by atoms with Gasteiger partial charge < -0.3 is 10.8 Å². The number of aromatic nitrogens is 3. The third-order valence-corrected chi connectivity index (χ3v) is 4.27. The quantitative estimate of drug-likeness (QED) is 0.760. The van der Waals surface area contributed by atoms with E-state index in [0.29, 0.717) is 22.6 Å². The largest absolute Gasteiger partial charge is 0.381 e. The molecule has 0 saturated carbocycles. The Balaban J connectivity index is 2.25. The van der Waals surface area contributed by atoms with Gasteiger partial charge in [0.15, 0.2) is 11.5 Å². The van der Waals surface area contributed by atoms with Crippen LogP contribution in [0.25, 0.3) is 23.0 Å². The minimum absolute atomic E-state index is 0.129. The lowest BCUT2D eigenvalue weighted by atomic mass is 9.92. The Morgan fingerprint density at radius 2 is 2.12 bits per heavy atom. The number of nitrogens with zero attached hydrogens (tertiary/aromatic N) is 3. The molecule has 3 N–H and O–H groups in total. The number of alkyl halides is 2. The lowest BCUT2D eigenvalue weighted by Crippen LogP contribution is -2.30. The molecule has 1 atom stereocenters. The molecule has 0 aliphatic heterocycles. The molecule has 1 aromatic carbocycles. The van der Waals surface area contributed by atoms with Crippen molar-refractivity contribution in [3.8, 4) is 11.3 Å². The lowest BCUT2D eigenvalue weighted by molar-refractivity contribution is -0.0883. The number of aryl methyl sites for hydroxylation is 1. The highest BCUT2D eigenvalue weighted by atomic mass is 19.3. The predicted molar refractivity (Wildman–Crippen MR) is 93.2 cm³/mol. The third kappa shape index (κ3) is 2.76. The normalized spacial score (nSPS) is 14.0. The van der Waals surface area contributed by atoms with Crippen LogP contribution in [0.15, 0.2) is 37.2 Å². The maximum absolute atomic E-state index is 13.2. The van der Waals surface area contributed by atoms with E-state index in [1.807, 2.05) is 6.92 Å². The van der Waals surface area contributed by atoms with Crippen LogP contribution in [0.5, 0.6) is 0 Å². The molecule has 2 heterocycles. The van der Waals surface area contributed by atoms with Gasteiger partial charge in [-0.05, 0) is 37.1 Å². The first-order valence-corrected chi connectivity index (χ1v) is 7.63. The Hall–Kier alpha value is -2.80.